The number of nitrogen functional groups attached to an aromatic ring is 1. The molecule has 0 fully saturated rings. The monoisotopic (exact) mass is 314 g/mol. The maximum Gasteiger partial charge on any atom is 0.295 e. The predicted octanol–water partition coefficient (Wildman–Crippen LogP) is 0.535. The van der Waals surface area contributed by atoms with Gasteiger partial charge in [0.2, 0.25) is 0 Å². The lowest BCUT2D eigenvalue weighted by atomic mass is 10.1. The third kappa shape index (κ3) is 2.93. The van der Waals surface area contributed by atoms with E-state index in [1.165, 1.54) is 18.2 Å². The summed E-state index contributed by atoms with van der Waals surface area (Å²) < 4.78 is 63.1. The van der Waals surface area contributed by atoms with Crippen LogP contribution in [0.3, 0.4) is 0 Å². The molecular formula is C10H9BNO6S2. The minimum absolute atomic E-state index is 0. The molecule has 0 aliphatic carbocycles. The highest BCUT2D eigenvalue weighted by atomic mass is 32.2. The quantitative estimate of drug-likeness (QED) is 0.418. The van der Waals surface area contributed by atoms with Gasteiger partial charge in [0.15, 0.2) is 0 Å². The lowest BCUT2D eigenvalue weighted by molar-refractivity contribution is 0.481. The van der Waals surface area contributed by atoms with Gasteiger partial charge < -0.3 is 5.73 Å². The van der Waals surface area contributed by atoms with Gasteiger partial charge in [-0.25, -0.2) is 0 Å². The molecule has 10 heteroatoms. The van der Waals surface area contributed by atoms with Crippen LogP contribution >= 0.6 is 0 Å². The van der Waals surface area contributed by atoms with E-state index in [1.807, 2.05) is 0 Å². The lowest BCUT2D eigenvalue weighted by Gasteiger charge is -2.08. The fraction of sp³-hybridized carbons (Fsp3) is 0. The smallest absolute Gasteiger partial charge is 0.295 e. The van der Waals surface area contributed by atoms with E-state index < -0.39 is 30.0 Å². The molecule has 0 amide bonds. The Bertz CT molecular complexity index is 876. The second-order valence-electron chi connectivity index (χ2n) is 3.82. The summed E-state index contributed by atoms with van der Waals surface area (Å²) in [4.78, 5) is -1.00. The highest BCUT2D eigenvalue weighted by Crippen LogP contribution is 2.30. The summed E-state index contributed by atoms with van der Waals surface area (Å²) in [5.41, 5.74) is 5.42. The Hall–Kier alpha value is -1.62. The summed E-state index contributed by atoms with van der Waals surface area (Å²) >= 11 is 0. The molecule has 20 heavy (non-hydrogen) atoms. The number of benzene rings is 2. The molecule has 0 spiro atoms. The number of nitrogens with two attached hydrogens (primary N) is 1. The fourth-order valence-electron chi connectivity index (χ4n) is 1.78. The molecule has 0 aliphatic heterocycles. The van der Waals surface area contributed by atoms with Crippen molar-refractivity contribution in [1.29, 1.82) is 0 Å². The van der Waals surface area contributed by atoms with Crippen LogP contribution in [-0.2, 0) is 20.2 Å². The van der Waals surface area contributed by atoms with Crippen LogP contribution in [0.2, 0.25) is 0 Å². The SMILES string of the molecule is Nc1cc(S(=O)(=O)O)c2cccc(S(=O)(=O)O)c2c1.[B]. The largest absolute Gasteiger partial charge is 0.399 e. The molecule has 0 heterocycles. The average Bonchev–Trinajstić information content (AvgIpc) is 2.24. The van der Waals surface area contributed by atoms with Gasteiger partial charge in [0.25, 0.3) is 20.2 Å². The van der Waals surface area contributed by atoms with Crippen LogP contribution in [-0.4, -0.2) is 34.4 Å². The summed E-state index contributed by atoms with van der Waals surface area (Å²) in [5.74, 6) is 0. The topological polar surface area (TPSA) is 135 Å². The molecule has 4 N–H and O–H groups in total. The van der Waals surface area contributed by atoms with E-state index in [-0.39, 0.29) is 24.9 Å². The van der Waals surface area contributed by atoms with E-state index in [0.29, 0.717) is 0 Å². The highest BCUT2D eigenvalue weighted by Gasteiger charge is 2.20. The first kappa shape index (κ1) is 16.4. The van der Waals surface area contributed by atoms with Crippen molar-refractivity contribution in [3.05, 3.63) is 30.3 Å². The Labute approximate surface area is 117 Å². The first-order valence-electron chi connectivity index (χ1n) is 4.88. The minimum Gasteiger partial charge on any atom is -0.399 e. The number of hydrogen-bond acceptors (Lipinski definition) is 5. The van der Waals surface area contributed by atoms with Gasteiger partial charge in [-0.05, 0) is 18.2 Å². The molecule has 2 rings (SSSR count). The highest BCUT2D eigenvalue weighted by molar-refractivity contribution is 7.86. The number of rotatable bonds is 2. The molecule has 0 saturated carbocycles. The zero-order valence-corrected chi connectivity index (χ0v) is 11.5. The molecule has 0 aromatic heterocycles. The molecule has 105 valence electrons. The Kier molecular flexibility index (Phi) is 4.16. The average molecular weight is 314 g/mol. The summed E-state index contributed by atoms with van der Waals surface area (Å²) in [5, 5.41) is -0.135. The van der Waals surface area contributed by atoms with Crippen molar-refractivity contribution in [3.63, 3.8) is 0 Å². The molecule has 3 radical (unpaired) electrons. The van der Waals surface area contributed by atoms with Crippen LogP contribution in [0.4, 0.5) is 5.69 Å². The van der Waals surface area contributed by atoms with Gasteiger partial charge in [-0.3, -0.25) is 9.11 Å². The van der Waals surface area contributed by atoms with E-state index in [9.17, 15) is 16.8 Å². The van der Waals surface area contributed by atoms with E-state index in [1.54, 1.807) is 0 Å². The van der Waals surface area contributed by atoms with Crippen molar-refractivity contribution in [1.82, 2.24) is 0 Å². The molecule has 2 aromatic carbocycles. The Morgan fingerprint density at radius 2 is 1.40 bits per heavy atom. The molecule has 0 saturated heterocycles. The molecule has 0 unspecified atom stereocenters. The van der Waals surface area contributed by atoms with Crippen molar-refractivity contribution in [3.8, 4) is 0 Å². The van der Waals surface area contributed by atoms with E-state index in [4.69, 9.17) is 14.8 Å². The first-order chi connectivity index (χ1) is 8.60. The van der Waals surface area contributed by atoms with Crippen LogP contribution in [0.1, 0.15) is 0 Å². The summed E-state index contributed by atoms with van der Waals surface area (Å²) in [6.07, 6.45) is 0. The third-order valence-corrected chi connectivity index (χ3v) is 4.30. The van der Waals surface area contributed by atoms with Gasteiger partial charge in [-0.15, -0.1) is 0 Å². The van der Waals surface area contributed by atoms with Crippen LogP contribution in [0.5, 0.6) is 0 Å². The van der Waals surface area contributed by atoms with Crippen molar-refractivity contribution in [2.45, 2.75) is 9.79 Å². The van der Waals surface area contributed by atoms with E-state index in [0.717, 1.165) is 12.1 Å². The standard InChI is InChI=1S/C10H9NO6S2.B/c11-6-4-8-7(10(5-6)19(15,16)17)2-1-3-9(8)18(12,13)14;/h1-5H,11H2,(H,12,13,14)(H,15,16,17);. The van der Waals surface area contributed by atoms with E-state index >= 15 is 0 Å². The number of hydrogen-bond donors (Lipinski definition) is 3. The molecule has 0 aliphatic rings. The molecule has 7 nitrogen and oxygen atoms in total. The summed E-state index contributed by atoms with van der Waals surface area (Å²) in [6, 6.07) is 5.85. The fourth-order valence-corrected chi connectivity index (χ4v) is 3.22. The van der Waals surface area contributed by atoms with Crippen molar-refractivity contribution < 1.29 is 25.9 Å². The normalized spacial score (nSPS) is 12.1. The van der Waals surface area contributed by atoms with Gasteiger partial charge in [-0.1, -0.05) is 12.1 Å². The van der Waals surface area contributed by atoms with Gasteiger partial charge >= 0.3 is 0 Å². The van der Waals surface area contributed by atoms with Crippen LogP contribution < -0.4 is 5.73 Å². The maximum atomic E-state index is 11.2. The molecule has 0 atom stereocenters. The van der Waals surface area contributed by atoms with Crippen molar-refractivity contribution in [2.24, 2.45) is 0 Å². The van der Waals surface area contributed by atoms with Gasteiger partial charge in [0.1, 0.15) is 9.79 Å². The summed E-state index contributed by atoms with van der Waals surface area (Å²) in [6.45, 7) is 0. The molecule has 2 aromatic rings. The Balaban J connectivity index is 0.00000200. The van der Waals surface area contributed by atoms with Gasteiger partial charge in [-0.2, -0.15) is 16.8 Å². The van der Waals surface area contributed by atoms with Crippen molar-refractivity contribution in [2.75, 3.05) is 5.73 Å². The van der Waals surface area contributed by atoms with Gasteiger partial charge in [0, 0.05) is 24.9 Å². The van der Waals surface area contributed by atoms with E-state index in [2.05, 4.69) is 0 Å². The van der Waals surface area contributed by atoms with Crippen LogP contribution in [0.15, 0.2) is 40.1 Å². The summed E-state index contributed by atoms with van der Waals surface area (Å²) in [7, 11) is -9.11. The predicted molar refractivity (Wildman–Crippen MR) is 73.7 cm³/mol. The zero-order chi connectivity index (χ0) is 14.4. The maximum absolute atomic E-state index is 11.2. The van der Waals surface area contributed by atoms with Crippen LogP contribution in [0, 0.1) is 0 Å². The third-order valence-electron chi connectivity index (χ3n) is 2.50. The lowest BCUT2D eigenvalue weighted by Crippen LogP contribution is -2.04. The Morgan fingerprint density at radius 3 is 1.90 bits per heavy atom. The Morgan fingerprint density at radius 1 is 0.850 bits per heavy atom. The number of anilines is 1. The second-order valence-corrected chi connectivity index (χ2v) is 6.60. The van der Waals surface area contributed by atoms with Crippen LogP contribution in [0.25, 0.3) is 10.8 Å². The zero-order valence-electron chi connectivity index (χ0n) is 9.89. The van der Waals surface area contributed by atoms with Crippen molar-refractivity contribution >= 4 is 45.1 Å². The first-order valence-corrected chi connectivity index (χ1v) is 7.76. The van der Waals surface area contributed by atoms with Gasteiger partial charge in [0.05, 0.1) is 0 Å². The number of fused-ring (bicyclic) bond motifs is 1. The minimum atomic E-state index is -4.57. The second kappa shape index (κ2) is 5.06. The molecular weight excluding hydrogens is 305 g/mol. The molecule has 0 bridgehead atoms.